The van der Waals surface area contributed by atoms with Gasteiger partial charge in [0.2, 0.25) is 0 Å². The summed E-state index contributed by atoms with van der Waals surface area (Å²) < 4.78 is 1.96. The smallest absolute Gasteiger partial charge is 0.0492 e. The third-order valence-electron chi connectivity index (χ3n) is 2.54. The van der Waals surface area contributed by atoms with E-state index in [-0.39, 0.29) is 0 Å². The Morgan fingerprint density at radius 3 is 3.25 bits per heavy atom. The van der Waals surface area contributed by atoms with E-state index >= 15 is 0 Å². The number of nitrogens with one attached hydrogen (secondary N) is 1. The Morgan fingerprint density at radius 1 is 1.75 bits per heavy atom. The van der Waals surface area contributed by atoms with Gasteiger partial charge in [0.05, 0.1) is 0 Å². The highest BCUT2D eigenvalue weighted by molar-refractivity contribution is 5.03. The van der Waals surface area contributed by atoms with Gasteiger partial charge < -0.3 is 5.32 Å². The highest BCUT2D eigenvalue weighted by Crippen LogP contribution is 2.10. The lowest BCUT2D eigenvalue weighted by Crippen LogP contribution is -2.24. The van der Waals surface area contributed by atoms with E-state index in [1.807, 2.05) is 17.9 Å². The van der Waals surface area contributed by atoms with Crippen LogP contribution in [0.2, 0.25) is 0 Å². The fraction of sp³-hybridized carbons (Fsp3) is 0.667. The third-order valence-corrected chi connectivity index (χ3v) is 2.54. The summed E-state index contributed by atoms with van der Waals surface area (Å²) in [5, 5.41) is 7.63. The largest absolute Gasteiger partial charge is 0.314 e. The molecule has 0 unspecified atom stereocenters. The molecule has 0 amide bonds. The van der Waals surface area contributed by atoms with Gasteiger partial charge in [-0.05, 0) is 25.5 Å². The van der Waals surface area contributed by atoms with Crippen LogP contribution in [0.5, 0.6) is 0 Å². The molecular formula is C9H15N3. The zero-order chi connectivity index (χ0) is 8.39. The number of nitrogens with zero attached hydrogens (tertiary/aromatic N) is 2. The lowest BCUT2D eigenvalue weighted by atomic mass is 10.1. The lowest BCUT2D eigenvalue weighted by Gasteiger charge is -2.09. The van der Waals surface area contributed by atoms with Crippen molar-refractivity contribution in [1.29, 1.82) is 0 Å². The van der Waals surface area contributed by atoms with Gasteiger partial charge in [0.1, 0.15) is 0 Å². The maximum Gasteiger partial charge on any atom is 0.0492 e. The first-order valence-corrected chi connectivity index (χ1v) is 4.56. The van der Waals surface area contributed by atoms with Crippen molar-refractivity contribution in [3.8, 4) is 0 Å². The summed E-state index contributed by atoms with van der Waals surface area (Å²) >= 11 is 0. The van der Waals surface area contributed by atoms with Crippen LogP contribution in [0.3, 0.4) is 0 Å². The first-order valence-electron chi connectivity index (χ1n) is 4.56. The van der Waals surface area contributed by atoms with Crippen LogP contribution >= 0.6 is 0 Å². The second-order valence-corrected chi connectivity index (χ2v) is 3.44. The molecule has 2 rings (SSSR count). The molecule has 0 aliphatic carbocycles. The molecule has 0 spiro atoms. The maximum absolute atomic E-state index is 4.15. The normalized spacial score (nSPS) is 23.2. The molecule has 0 aromatic carbocycles. The zero-order valence-electron chi connectivity index (χ0n) is 7.45. The van der Waals surface area contributed by atoms with Crippen LogP contribution in [0.25, 0.3) is 0 Å². The van der Waals surface area contributed by atoms with E-state index in [1.54, 1.807) is 0 Å². The van der Waals surface area contributed by atoms with Crippen LogP contribution in [0.4, 0.5) is 0 Å². The van der Waals surface area contributed by atoms with Crippen molar-refractivity contribution in [2.24, 2.45) is 7.05 Å². The van der Waals surface area contributed by atoms with Crippen LogP contribution < -0.4 is 5.32 Å². The van der Waals surface area contributed by atoms with Crippen LogP contribution in [0, 0.1) is 0 Å². The van der Waals surface area contributed by atoms with Crippen molar-refractivity contribution in [3.05, 3.63) is 18.0 Å². The molecule has 1 aromatic rings. The predicted molar refractivity (Wildman–Crippen MR) is 47.9 cm³/mol. The van der Waals surface area contributed by atoms with Gasteiger partial charge in [0.25, 0.3) is 0 Å². The molecule has 0 saturated carbocycles. The number of aryl methyl sites for hydroxylation is 1. The van der Waals surface area contributed by atoms with Crippen molar-refractivity contribution in [1.82, 2.24) is 15.1 Å². The van der Waals surface area contributed by atoms with Crippen LogP contribution in [0.15, 0.2) is 12.3 Å². The van der Waals surface area contributed by atoms with Crippen molar-refractivity contribution >= 4 is 0 Å². The van der Waals surface area contributed by atoms with Crippen molar-refractivity contribution < 1.29 is 0 Å². The standard InChI is InChI=1S/C9H15N3/c1-12-9(4-6-11-12)7-8-3-2-5-10-8/h4,6,8,10H,2-3,5,7H2,1H3/t8-/m0/s1. The molecule has 1 aromatic heterocycles. The SMILES string of the molecule is Cn1nccc1C[C@@H]1CCCN1. The van der Waals surface area contributed by atoms with Gasteiger partial charge in [-0.3, -0.25) is 4.68 Å². The highest BCUT2D eigenvalue weighted by atomic mass is 15.3. The molecule has 0 radical (unpaired) electrons. The summed E-state index contributed by atoms with van der Waals surface area (Å²) in [6, 6.07) is 2.78. The summed E-state index contributed by atoms with van der Waals surface area (Å²) in [5.41, 5.74) is 1.33. The van der Waals surface area contributed by atoms with Crippen LogP contribution in [-0.2, 0) is 13.5 Å². The van der Waals surface area contributed by atoms with Gasteiger partial charge in [-0.1, -0.05) is 0 Å². The Labute approximate surface area is 72.8 Å². The summed E-state index contributed by atoms with van der Waals surface area (Å²) in [5.74, 6) is 0. The molecule has 12 heavy (non-hydrogen) atoms. The van der Waals surface area contributed by atoms with E-state index < -0.39 is 0 Å². The molecule has 1 N–H and O–H groups in total. The van der Waals surface area contributed by atoms with Gasteiger partial charge >= 0.3 is 0 Å². The van der Waals surface area contributed by atoms with E-state index in [2.05, 4.69) is 16.5 Å². The quantitative estimate of drug-likeness (QED) is 0.699. The van der Waals surface area contributed by atoms with Crippen molar-refractivity contribution in [3.63, 3.8) is 0 Å². The van der Waals surface area contributed by atoms with E-state index in [1.165, 1.54) is 25.1 Å². The summed E-state index contributed by atoms with van der Waals surface area (Å²) in [7, 11) is 2.00. The molecule has 1 atom stereocenters. The lowest BCUT2D eigenvalue weighted by molar-refractivity contribution is 0.570. The third kappa shape index (κ3) is 1.50. The molecule has 1 aliphatic heterocycles. The van der Waals surface area contributed by atoms with Crippen LogP contribution in [0.1, 0.15) is 18.5 Å². The average molecular weight is 165 g/mol. The molecule has 0 bridgehead atoms. The number of rotatable bonds is 2. The van der Waals surface area contributed by atoms with E-state index in [0.29, 0.717) is 6.04 Å². The predicted octanol–water partition coefficient (Wildman–Crippen LogP) is 0.715. The number of hydrogen-bond acceptors (Lipinski definition) is 2. The summed E-state index contributed by atoms with van der Waals surface area (Å²) in [6.07, 6.45) is 5.62. The Morgan fingerprint density at radius 2 is 2.67 bits per heavy atom. The fourth-order valence-electron chi connectivity index (χ4n) is 1.78. The molecule has 1 aliphatic rings. The molecule has 3 nitrogen and oxygen atoms in total. The second kappa shape index (κ2) is 3.27. The van der Waals surface area contributed by atoms with E-state index in [4.69, 9.17) is 0 Å². The number of aromatic nitrogens is 2. The maximum atomic E-state index is 4.15. The first kappa shape index (κ1) is 7.80. The topological polar surface area (TPSA) is 29.9 Å². The number of hydrogen-bond donors (Lipinski definition) is 1. The fourth-order valence-corrected chi connectivity index (χ4v) is 1.78. The Bertz CT molecular complexity index is 248. The molecule has 1 fully saturated rings. The van der Waals surface area contributed by atoms with E-state index in [9.17, 15) is 0 Å². The van der Waals surface area contributed by atoms with E-state index in [0.717, 1.165) is 6.42 Å². The minimum atomic E-state index is 0.681. The van der Waals surface area contributed by atoms with Crippen molar-refractivity contribution in [2.45, 2.75) is 25.3 Å². The van der Waals surface area contributed by atoms with Crippen LogP contribution in [-0.4, -0.2) is 22.4 Å². The minimum absolute atomic E-state index is 0.681. The van der Waals surface area contributed by atoms with Gasteiger partial charge in [-0.25, -0.2) is 0 Å². The van der Waals surface area contributed by atoms with Crippen molar-refractivity contribution in [2.75, 3.05) is 6.54 Å². The highest BCUT2D eigenvalue weighted by Gasteiger charge is 2.15. The zero-order valence-corrected chi connectivity index (χ0v) is 7.45. The first-order chi connectivity index (χ1) is 5.86. The summed E-state index contributed by atoms with van der Waals surface area (Å²) in [6.45, 7) is 1.18. The average Bonchev–Trinajstić information content (AvgIpc) is 2.65. The van der Waals surface area contributed by atoms with Gasteiger partial charge in [-0.2, -0.15) is 5.10 Å². The Hall–Kier alpha value is -0.830. The molecule has 2 heterocycles. The Kier molecular flexibility index (Phi) is 2.13. The van der Waals surface area contributed by atoms with Gasteiger partial charge in [0, 0.05) is 31.4 Å². The van der Waals surface area contributed by atoms with Gasteiger partial charge in [0.15, 0.2) is 0 Å². The Balaban J connectivity index is 1.98. The second-order valence-electron chi connectivity index (χ2n) is 3.44. The monoisotopic (exact) mass is 165 g/mol. The van der Waals surface area contributed by atoms with Gasteiger partial charge in [-0.15, -0.1) is 0 Å². The molecular weight excluding hydrogens is 150 g/mol. The molecule has 66 valence electrons. The molecule has 1 saturated heterocycles. The molecule has 3 heteroatoms. The summed E-state index contributed by atoms with van der Waals surface area (Å²) in [4.78, 5) is 0. The minimum Gasteiger partial charge on any atom is -0.314 e.